The summed E-state index contributed by atoms with van der Waals surface area (Å²) in [5.74, 6) is 0.909. The van der Waals surface area contributed by atoms with Crippen molar-refractivity contribution in [3.05, 3.63) is 65.9 Å². The monoisotopic (exact) mass is 369 g/mol. The Hall–Kier alpha value is -2.34. The third kappa shape index (κ3) is 4.25. The van der Waals surface area contributed by atoms with Gasteiger partial charge in [-0.15, -0.1) is 10.2 Å². The number of hydrogen-bond donors (Lipinski definition) is 0. The quantitative estimate of drug-likeness (QED) is 0.470. The molecule has 1 unspecified atom stereocenters. The van der Waals surface area contributed by atoms with Gasteiger partial charge in [0.05, 0.1) is 18.1 Å². The molecule has 0 spiro atoms. The number of furan rings is 1. The third-order valence-corrected chi connectivity index (χ3v) is 5.27. The van der Waals surface area contributed by atoms with Crippen molar-refractivity contribution in [2.24, 2.45) is 0 Å². The molecule has 26 heavy (non-hydrogen) atoms. The van der Waals surface area contributed by atoms with Crippen LogP contribution in [-0.4, -0.2) is 25.8 Å². The molecule has 3 aromatic rings. The van der Waals surface area contributed by atoms with Crippen molar-refractivity contribution in [3.8, 4) is 0 Å². The van der Waals surface area contributed by atoms with Crippen molar-refractivity contribution >= 4 is 17.5 Å². The first kappa shape index (κ1) is 18.5. The van der Waals surface area contributed by atoms with Crippen molar-refractivity contribution in [1.29, 1.82) is 0 Å². The number of Topliss-reactive ketones (excluding diaryl/α,β-unsaturated/α-hetero) is 1. The summed E-state index contributed by atoms with van der Waals surface area (Å²) in [6, 6.07) is 11.6. The fourth-order valence-electron chi connectivity index (χ4n) is 2.60. The maximum atomic E-state index is 12.8. The largest absolute Gasteiger partial charge is 0.467 e. The summed E-state index contributed by atoms with van der Waals surface area (Å²) in [5.41, 5.74) is 2.01. The number of thioether (sulfide) groups is 1. The first-order valence-electron chi connectivity index (χ1n) is 8.56. The zero-order chi connectivity index (χ0) is 18.7. The predicted octanol–water partition coefficient (Wildman–Crippen LogP) is 4.58. The Morgan fingerprint density at radius 2 is 1.96 bits per heavy atom. The third-order valence-electron chi connectivity index (χ3n) is 4.17. The summed E-state index contributed by atoms with van der Waals surface area (Å²) < 4.78 is 7.25. The van der Waals surface area contributed by atoms with Gasteiger partial charge in [-0.3, -0.25) is 4.79 Å². The topological polar surface area (TPSA) is 60.9 Å². The molecule has 1 atom stereocenters. The van der Waals surface area contributed by atoms with Crippen molar-refractivity contribution in [2.75, 3.05) is 0 Å². The number of carbonyl (C=O) groups is 1. The zero-order valence-corrected chi connectivity index (χ0v) is 16.3. The number of aromatic nitrogens is 3. The first-order chi connectivity index (χ1) is 12.3. The van der Waals surface area contributed by atoms with Gasteiger partial charge in [0, 0.05) is 5.56 Å². The number of nitrogens with zero attached hydrogens (tertiary/aromatic N) is 3. The molecule has 0 aliphatic rings. The SMILES string of the molecule is CC(Sc1nncn1Cc1ccco1)C(=O)c1ccc(C(C)(C)C)cc1. The fourth-order valence-corrected chi connectivity index (χ4v) is 3.50. The lowest BCUT2D eigenvalue weighted by atomic mass is 9.86. The number of ketones is 1. The summed E-state index contributed by atoms with van der Waals surface area (Å²) in [5, 5.41) is 8.55. The van der Waals surface area contributed by atoms with Crippen LogP contribution in [0.15, 0.2) is 58.6 Å². The van der Waals surface area contributed by atoms with Gasteiger partial charge in [0.15, 0.2) is 10.9 Å². The normalized spacial score (nSPS) is 12.9. The molecule has 136 valence electrons. The van der Waals surface area contributed by atoms with Crippen molar-refractivity contribution in [3.63, 3.8) is 0 Å². The van der Waals surface area contributed by atoms with E-state index >= 15 is 0 Å². The van der Waals surface area contributed by atoms with Crippen LogP contribution in [0.3, 0.4) is 0 Å². The van der Waals surface area contributed by atoms with E-state index < -0.39 is 0 Å². The minimum Gasteiger partial charge on any atom is -0.467 e. The highest BCUT2D eigenvalue weighted by Gasteiger charge is 2.21. The van der Waals surface area contributed by atoms with Crippen LogP contribution in [0.4, 0.5) is 0 Å². The molecule has 0 radical (unpaired) electrons. The molecule has 5 nitrogen and oxygen atoms in total. The summed E-state index contributed by atoms with van der Waals surface area (Å²) in [6.45, 7) is 8.93. The lowest BCUT2D eigenvalue weighted by Crippen LogP contribution is -2.16. The Labute approximate surface area is 157 Å². The van der Waals surface area contributed by atoms with Crippen molar-refractivity contribution < 1.29 is 9.21 Å². The van der Waals surface area contributed by atoms with E-state index in [1.54, 1.807) is 12.6 Å². The number of benzene rings is 1. The zero-order valence-electron chi connectivity index (χ0n) is 15.5. The molecular formula is C20H23N3O2S. The van der Waals surface area contributed by atoms with E-state index in [-0.39, 0.29) is 16.4 Å². The second kappa shape index (κ2) is 7.50. The molecule has 0 amide bonds. The van der Waals surface area contributed by atoms with Crippen LogP contribution in [0.25, 0.3) is 0 Å². The Kier molecular flexibility index (Phi) is 5.32. The number of rotatable bonds is 6. The molecule has 0 saturated heterocycles. The molecule has 0 aliphatic carbocycles. The van der Waals surface area contributed by atoms with Gasteiger partial charge < -0.3 is 8.98 Å². The summed E-state index contributed by atoms with van der Waals surface area (Å²) in [4.78, 5) is 12.8. The average molecular weight is 369 g/mol. The smallest absolute Gasteiger partial charge is 0.192 e. The van der Waals surface area contributed by atoms with E-state index in [0.717, 1.165) is 11.3 Å². The number of hydrogen-bond acceptors (Lipinski definition) is 5. The average Bonchev–Trinajstić information content (AvgIpc) is 3.26. The Morgan fingerprint density at radius 1 is 1.23 bits per heavy atom. The molecule has 2 aromatic heterocycles. The van der Waals surface area contributed by atoms with E-state index in [9.17, 15) is 4.79 Å². The van der Waals surface area contributed by atoms with Crippen LogP contribution in [0.1, 0.15) is 49.4 Å². The van der Waals surface area contributed by atoms with Crippen LogP contribution in [-0.2, 0) is 12.0 Å². The molecule has 1 aromatic carbocycles. The first-order valence-corrected chi connectivity index (χ1v) is 9.44. The lowest BCUT2D eigenvalue weighted by molar-refractivity contribution is 0.0994. The molecular weight excluding hydrogens is 346 g/mol. The predicted molar refractivity (Wildman–Crippen MR) is 103 cm³/mol. The van der Waals surface area contributed by atoms with Crippen molar-refractivity contribution in [1.82, 2.24) is 14.8 Å². The highest BCUT2D eigenvalue weighted by Crippen LogP contribution is 2.26. The van der Waals surface area contributed by atoms with Gasteiger partial charge >= 0.3 is 0 Å². The maximum Gasteiger partial charge on any atom is 0.192 e. The van der Waals surface area contributed by atoms with Gasteiger partial charge in [-0.1, -0.05) is 56.8 Å². The van der Waals surface area contributed by atoms with Crippen LogP contribution < -0.4 is 0 Å². The fraction of sp³-hybridized carbons (Fsp3) is 0.350. The van der Waals surface area contributed by atoms with Crippen LogP contribution in [0, 0.1) is 0 Å². The summed E-state index contributed by atoms with van der Waals surface area (Å²) in [6.07, 6.45) is 3.29. The van der Waals surface area contributed by atoms with Gasteiger partial charge in [0.1, 0.15) is 12.1 Å². The van der Waals surface area contributed by atoms with Gasteiger partial charge in [-0.05, 0) is 30.0 Å². The van der Waals surface area contributed by atoms with Crippen LogP contribution in [0.5, 0.6) is 0 Å². The van der Waals surface area contributed by atoms with E-state index in [1.807, 2.05) is 47.9 Å². The van der Waals surface area contributed by atoms with Crippen LogP contribution in [0.2, 0.25) is 0 Å². The molecule has 0 fully saturated rings. The highest BCUT2D eigenvalue weighted by atomic mass is 32.2. The second-order valence-electron chi connectivity index (χ2n) is 7.27. The van der Waals surface area contributed by atoms with Gasteiger partial charge in [0.2, 0.25) is 0 Å². The van der Waals surface area contributed by atoms with Gasteiger partial charge in [0.25, 0.3) is 0 Å². The molecule has 0 N–H and O–H groups in total. The Morgan fingerprint density at radius 3 is 2.58 bits per heavy atom. The molecule has 0 bridgehead atoms. The second-order valence-corrected chi connectivity index (χ2v) is 8.58. The Balaban J connectivity index is 1.69. The molecule has 3 rings (SSSR count). The van der Waals surface area contributed by atoms with E-state index in [4.69, 9.17) is 4.42 Å². The van der Waals surface area contributed by atoms with E-state index in [1.165, 1.54) is 17.3 Å². The minimum atomic E-state index is -0.255. The standard InChI is InChI=1S/C20H23N3O2S/c1-14(18(24)15-7-9-16(10-8-15)20(2,3)4)26-19-22-21-13-23(19)12-17-6-5-11-25-17/h5-11,13-14H,12H2,1-4H3. The lowest BCUT2D eigenvalue weighted by Gasteiger charge is -2.19. The maximum absolute atomic E-state index is 12.8. The van der Waals surface area contributed by atoms with Gasteiger partial charge in [-0.2, -0.15) is 0 Å². The molecule has 2 heterocycles. The highest BCUT2D eigenvalue weighted by molar-refractivity contribution is 8.00. The van der Waals surface area contributed by atoms with E-state index in [2.05, 4.69) is 31.0 Å². The Bertz CT molecular complexity index is 861. The summed E-state index contributed by atoms with van der Waals surface area (Å²) >= 11 is 1.41. The van der Waals surface area contributed by atoms with Crippen LogP contribution >= 0.6 is 11.8 Å². The van der Waals surface area contributed by atoms with E-state index in [0.29, 0.717) is 11.7 Å². The number of carbonyl (C=O) groups excluding carboxylic acids is 1. The molecule has 6 heteroatoms. The molecule has 0 aliphatic heterocycles. The minimum absolute atomic E-state index is 0.0736. The van der Waals surface area contributed by atoms with Gasteiger partial charge in [-0.25, -0.2) is 0 Å². The molecule has 0 saturated carbocycles. The van der Waals surface area contributed by atoms with Crippen molar-refractivity contribution in [2.45, 2.75) is 50.1 Å². The summed E-state index contributed by atoms with van der Waals surface area (Å²) in [7, 11) is 0.